The summed E-state index contributed by atoms with van der Waals surface area (Å²) in [6, 6.07) is 8.81. The van der Waals surface area contributed by atoms with Gasteiger partial charge in [0.1, 0.15) is 0 Å². The fraction of sp³-hybridized carbons (Fsp3) is 0.375. The number of allylic oxidation sites excluding steroid dienone is 4. The fourth-order valence-corrected chi connectivity index (χ4v) is 2.50. The summed E-state index contributed by atoms with van der Waals surface area (Å²) in [5, 5.41) is 0. The topological polar surface area (TPSA) is 0 Å². The van der Waals surface area contributed by atoms with E-state index in [0.717, 1.165) is 12.8 Å². The largest absolute Gasteiger partial charge is 0.0657 e. The van der Waals surface area contributed by atoms with E-state index in [2.05, 4.69) is 52.0 Å². The first-order valence-electron chi connectivity index (χ1n) is 6.10. The summed E-state index contributed by atoms with van der Waals surface area (Å²) in [5.41, 5.74) is 8.96. The van der Waals surface area contributed by atoms with Crippen LogP contribution in [0.5, 0.6) is 0 Å². The predicted octanol–water partition coefficient (Wildman–Crippen LogP) is 4.76. The Kier molecular flexibility index (Phi) is 3.00. The van der Waals surface area contributed by atoms with Gasteiger partial charge in [0.2, 0.25) is 0 Å². The van der Waals surface area contributed by atoms with Crippen molar-refractivity contribution in [2.24, 2.45) is 0 Å². The zero-order valence-electron chi connectivity index (χ0n) is 10.7. The molecule has 0 nitrogen and oxygen atoms in total. The molecule has 1 aliphatic rings. The highest BCUT2D eigenvalue weighted by atomic mass is 14.2. The Morgan fingerprint density at radius 2 is 1.69 bits per heavy atom. The molecule has 0 fully saturated rings. The van der Waals surface area contributed by atoms with E-state index in [4.69, 9.17) is 0 Å². The molecule has 1 aromatic carbocycles. The molecule has 0 bridgehead atoms. The zero-order valence-corrected chi connectivity index (χ0v) is 10.7. The molecule has 0 heterocycles. The minimum Gasteiger partial charge on any atom is -0.0657 e. The molecule has 0 N–H and O–H groups in total. The van der Waals surface area contributed by atoms with Gasteiger partial charge in [0.25, 0.3) is 0 Å². The van der Waals surface area contributed by atoms with E-state index >= 15 is 0 Å². The number of benzene rings is 1. The molecule has 16 heavy (non-hydrogen) atoms. The van der Waals surface area contributed by atoms with E-state index in [1.165, 1.54) is 33.4 Å². The van der Waals surface area contributed by atoms with Crippen molar-refractivity contribution in [1.82, 2.24) is 0 Å². The molecule has 0 atom stereocenters. The van der Waals surface area contributed by atoms with Gasteiger partial charge < -0.3 is 0 Å². The zero-order chi connectivity index (χ0) is 11.7. The minimum atomic E-state index is 1.12. The fourth-order valence-electron chi connectivity index (χ4n) is 2.50. The van der Waals surface area contributed by atoms with Gasteiger partial charge in [-0.25, -0.2) is 0 Å². The molecule has 0 radical (unpaired) electrons. The average Bonchev–Trinajstić information content (AvgIpc) is 2.57. The molecule has 0 heteroatoms. The van der Waals surface area contributed by atoms with Crippen LogP contribution in [0.15, 0.2) is 41.0 Å². The third kappa shape index (κ3) is 1.73. The summed E-state index contributed by atoms with van der Waals surface area (Å²) in [6.45, 7) is 8.98. The Morgan fingerprint density at radius 1 is 1.00 bits per heavy atom. The Labute approximate surface area is 98.7 Å². The molecule has 1 aliphatic carbocycles. The van der Waals surface area contributed by atoms with Crippen molar-refractivity contribution in [2.75, 3.05) is 0 Å². The maximum absolute atomic E-state index is 2.27. The monoisotopic (exact) mass is 212 g/mol. The Bertz CT molecular complexity index is 473. The summed E-state index contributed by atoms with van der Waals surface area (Å²) in [6.07, 6.45) is 2.25. The minimum absolute atomic E-state index is 1.12. The van der Waals surface area contributed by atoms with Crippen LogP contribution in [0, 0.1) is 0 Å². The molecule has 0 spiro atoms. The molecular formula is C16H20. The highest BCUT2D eigenvalue weighted by Gasteiger charge is 2.18. The van der Waals surface area contributed by atoms with Crippen molar-refractivity contribution in [3.8, 4) is 0 Å². The summed E-state index contributed by atoms with van der Waals surface area (Å²) >= 11 is 0. The van der Waals surface area contributed by atoms with Gasteiger partial charge in [-0.05, 0) is 61.5 Å². The van der Waals surface area contributed by atoms with Crippen LogP contribution >= 0.6 is 0 Å². The van der Waals surface area contributed by atoms with Gasteiger partial charge in [0, 0.05) is 0 Å². The predicted molar refractivity (Wildman–Crippen MR) is 71.4 cm³/mol. The second kappa shape index (κ2) is 4.29. The van der Waals surface area contributed by atoms with Gasteiger partial charge in [0.15, 0.2) is 0 Å². The third-order valence-electron chi connectivity index (χ3n) is 3.82. The summed E-state index contributed by atoms with van der Waals surface area (Å²) in [4.78, 5) is 0. The SMILES string of the molecule is CCc1ccccc1C1=C(C)C(C)=C(C)C1. The molecule has 0 saturated carbocycles. The summed E-state index contributed by atoms with van der Waals surface area (Å²) in [7, 11) is 0. The first-order chi connectivity index (χ1) is 7.65. The van der Waals surface area contributed by atoms with Crippen LogP contribution in [0.2, 0.25) is 0 Å². The number of hydrogen-bond donors (Lipinski definition) is 0. The number of hydrogen-bond acceptors (Lipinski definition) is 0. The van der Waals surface area contributed by atoms with E-state index in [9.17, 15) is 0 Å². The molecular weight excluding hydrogens is 192 g/mol. The van der Waals surface area contributed by atoms with Crippen LogP contribution in [0.3, 0.4) is 0 Å². The van der Waals surface area contributed by atoms with E-state index in [-0.39, 0.29) is 0 Å². The maximum atomic E-state index is 2.27. The maximum Gasteiger partial charge on any atom is -0.00553 e. The van der Waals surface area contributed by atoms with Crippen LogP contribution in [0.25, 0.3) is 5.57 Å². The molecule has 0 saturated heterocycles. The van der Waals surface area contributed by atoms with E-state index < -0.39 is 0 Å². The van der Waals surface area contributed by atoms with Gasteiger partial charge in [-0.1, -0.05) is 36.8 Å². The molecule has 0 amide bonds. The molecule has 2 rings (SSSR count). The van der Waals surface area contributed by atoms with E-state index in [1.807, 2.05) is 0 Å². The first kappa shape index (κ1) is 11.2. The first-order valence-corrected chi connectivity index (χ1v) is 6.10. The lowest BCUT2D eigenvalue weighted by Gasteiger charge is -2.10. The quantitative estimate of drug-likeness (QED) is 0.663. The molecule has 0 unspecified atom stereocenters. The lowest BCUT2D eigenvalue weighted by atomic mass is 9.94. The van der Waals surface area contributed by atoms with Crippen molar-refractivity contribution in [3.63, 3.8) is 0 Å². The number of rotatable bonds is 2. The van der Waals surface area contributed by atoms with Crippen LogP contribution < -0.4 is 0 Å². The van der Waals surface area contributed by atoms with Gasteiger partial charge in [-0.3, -0.25) is 0 Å². The third-order valence-corrected chi connectivity index (χ3v) is 3.82. The van der Waals surface area contributed by atoms with Gasteiger partial charge in [-0.15, -0.1) is 0 Å². The second-order valence-corrected chi connectivity index (χ2v) is 4.70. The van der Waals surface area contributed by atoms with Gasteiger partial charge >= 0.3 is 0 Å². The molecule has 0 aromatic heterocycles. The Hall–Kier alpha value is -1.30. The van der Waals surface area contributed by atoms with E-state index in [0.29, 0.717) is 0 Å². The van der Waals surface area contributed by atoms with Crippen LogP contribution in [0.1, 0.15) is 45.2 Å². The second-order valence-electron chi connectivity index (χ2n) is 4.70. The highest BCUT2D eigenvalue weighted by molar-refractivity contribution is 5.79. The molecule has 84 valence electrons. The van der Waals surface area contributed by atoms with Crippen LogP contribution in [-0.2, 0) is 6.42 Å². The van der Waals surface area contributed by atoms with Gasteiger partial charge in [0.05, 0.1) is 0 Å². The van der Waals surface area contributed by atoms with Crippen molar-refractivity contribution < 1.29 is 0 Å². The molecule has 0 aliphatic heterocycles. The Morgan fingerprint density at radius 3 is 2.25 bits per heavy atom. The Balaban J connectivity index is 2.49. The van der Waals surface area contributed by atoms with Crippen molar-refractivity contribution >= 4 is 5.57 Å². The number of aryl methyl sites for hydroxylation is 1. The van der Waals surface area contributed by atoms with Crippen LogP contribution in [0.4, 0.5) is 0 Å². The lowest BCUT2D eigenvalue weighted by molar-refractivity contribution is 1.12. The lowest BCUT2D eigenvalue weighted by Crippen LogP contribution is -1.92. The van der Waals surface area contributed by atoms with Gasteiger partial charge in [-0.2, -0.15) is 0 Å². The van der Waals surface area contributed by atoms with Crippen molar-refractivity contribution in [2.45, 2.75) is 40.5 Å². The average molecular weight is 212 g/mol. The van der Waals surface area contributed by atoms with E-state index in [1.54, 1.807) is 0 Å². The highest BCUT2D eigenvalue weighted by Crippen LogP contribution is 2.38. The normalized spacial score (nSPS) is 16.2. The van der Waals surface area contributed by atoms with Crippen LogP contribution in [-0.4, -0.2) is 0 Å². The summed E-state index contributed by atoms with van der Waals surface area (Å²) < 4.78 is 0. The molecule has 1 aromatic rings. The van der Waals surface area contributed by atoms with Crippen molar-refractivity contribution in [3.05, 3.63) is 52.1 Å². The smallest absolute Gasteiger partial charge is 0.00553 e. The standard InChI is InChI=1S/C16H20/c1-5-14-8-6-7-9-15(14)16-10-11(2)12(3)13(16)4/h6-9H,5,10H2,1-4H3. The van der Waals surface area contributed by atoms with Crippen molar-refractivity contribution in [1.29, 1.82) is 0 Å². The summed E-state index contributed by atoms with van der Waals surface area (Å²) in [5.74, 6) is 0.